The van der Waals surface area contributed by atoms with Gasteiger partial charge >= 0.3 is 6.29 Å². The third-order valence-corrected chi connectivity index (χ3v) is 5.95. The number of carbonyl (C=O) groups is 1. The fraction of sp³-hybridized carbons (Fsp3) is 0.208. The Morgan fingerprint density at radius 3 is 2.55 bits per heavy atom. The molecule has 0 saturated carbocycles. The molecule has 3 aromatic rings. The topological polar surface area (TPSA) is 84.6 Å². The highest BCUT2D eigenvalue weighted by Crippen LogP contribution is 2.37. The molecule has 3 rings (SSSR count). The predicted octanol–water partition coefficient (Wildman–Crippen LogP) is 4.73. The molecule has 1 atom stereocenters. The van der Waals surface area contributed by atoms with Crippen LogP contribution in [0.1, 0.15) is 44.2 Å². The third kappa shape index (κ3) is 5.75. The Morgan fingerprint density at radius 1 is 1.18 bits per heavy atom. The molecule has 0 radical (unpaired) electrons. The van der Waals surface area contributed by atoms with Crippen LogP contribution < -0.4 is 15.2 Å². The molecule has 0 fully saturated rings. The molecule has 5 nitrogen and oxygen atoms in total. The summed E-state index contributed by atoms with van der Waals surface area (Å²) in [5, 5.41) is 17.7. The van der Waals surface area contributed by atoms with E-state index in [2.05, 4.69) is 10.1 Å². The average molecular weight is 477 g/mol. The second kappa shape index (κ2) is 10.4. The van der Waals surface area contributed by atoms with Gasteiger partial charge in [0.15, 0.2) is 6.29 Å². The Balaban J connectivity index is 2.27. The minimum atomic E-state index is -4.48. The van der Waals surface area contributed by atoms with Gasteiger partial charge in [0.25, 0.3) is 0 Å². The van der Waals surface area contributed by atoms with E-state index in [0.717, 1.165) is 28.0 Å². The molecule has 174 valence electrons. The number of carbonyl (C=O) groups excluding carboxylic acids is 1. The smallest absolute Gasteiger partial charge is 0.409 e. The average Bonchev–Trinajstić information content (AvgIpc) is 2.77. The molecule has 0 aliphatic rings. The van der Waals surface area contributed by atoms with Gasteiger partial charge in [-0.15, -0.1) is 8.78 Å². The first-order valence-corrected chi connectivity index (χ1v) is 10.8. The molecule has 4 N–H and O–H groups in total. The Hall–Kier alpha value is -2.85. The van der Waals surface area contributed by atoms with E-state index in [0.29, 0.717) is 29.4 Å². The molecular formula is C24H23F3N2O3S. The summed E-state index contributed by atoms with van der Waals surface area (Å²) in [5.41, 5.74) is 2.89. The lowest BCUT2D eigenvalue weighted by Gasteiger charge is -2.26. The van der Waals surface area contributed by atoms with Crippen molar-refractivity contribution in [2.24, 2.45) is 5.14 Å². The first-order valence-electron chi connectivity index (χ1n) is 9.96. The van der Waals surface area contributed by atoms with Crippen molar-refractivity contribution in [3.05, 3.63) is 93.8 Å². The minimum absolute atomic E-state index is 0.179. The normalized spacial score (nSPS) is 12.5. The van der Waals surface area contributed by atoms with Gasteiger partial charge in [0.2, 0.25) is 0 Å². The zero-order valence-electron chi connectivity index (χ0n) is 17.9. The highest BCUT2D eigenvalue weighted by molar-refractivity contribution is 7.97. The maximum Gasteiger partial charge on any atom is 0.532 e. The van der Waals surface area contributed by atoms with Gasteiger partial charge in [0.1, 0.15) is 11.6 Å². The summed E-state index contributed by atoms with van der Waals surface area (Å²) < 4.78 is 45.0. The van der Waals surface area contributed by atoms with E-state index in [9.17, 15) is 18.0 Å². The number of aliphatic hydroxyl groups is 1. The molecule has 9 heteroatoms. The molecule has 1 unspecified atom stereocenters. The van der Waals surface area contributed by atoms with E-state index < -0.39 is 23.9 Å². The summed E-state index contributed by atoms with van der Waals surface area (Å²) in [6.45, 7) is 1.78. The maximum atomic E-state index is 14.1. The Kier molecular flexibility index (Phi) is 7.80. The van der Waals surface area contributed by atoms with Crippen molar-refractivity contribution in [3.8, 4) is 5.75 Å². The first kappa shape index (κ1) is 24.8. The van der Waals surface area contributed by atoms with Crippen LogP contribution in [0.5, 0.6) is 5.75 Å². The van der Waals surface area contributed by atoms with Crippen LogP contribution in [0.15, 0.2) is 59.5 Å². The van der Waals surface area contributed by atoms with E-state index in [1.165, 1.54) is 18.2 Å². The van der Waals surface area contributed by atoms with Crippen molar-refractivity contribution in [2.75, 3.05) is 7.05 Å². The summed E-state index contributed by atoms with van der Waals surface area (Å²) in [4.78, 5) is 12.9. The molecular weight excluding hydrogens is 453 g/mol. The number of benzene rings is 3. The van der Waals surface area contributed by atoms with Crippen molar-refractivity contribution in [3.63, 3.8) is 0 Å². The molecule has 0 aliphatic carbocycles. The molecule has 0 heterocycles. The fourth-order valence-electron chi connectivity index (χ4n) is 3.85. The van der Waals surface area contributed by atoms with Gasteiger partial charge in [-0.1, -0.05) is 30.3 Å². The van der Waals surface area contributed by atoms with Gasteiger partial charge in [0.05, 0.1) is 11.6 Å². The van der Waals surface area contributed by atoms with Crippen LogP contribution in [-0.4, -0.2) is 24.7 Å². The van der Waals surface area contributed by atoms with Crippen LogP contribution in [-0.2, 0) is 6.42 Å². The zero-order valence-corrected chi connectivity index (χ0v) is 18.8. The number of aldehydes is 1. The molecule has 33 heavy (non-hydrogen) atoms. The van der Waals surface area contributed by atoms with Gasteiger partial charge in [-0.2, -0.15) is 0 Å². The van der Waals surface area contributed by atoms with Crippen molar-refractivity contribution in [1.29, 1.82) is 0 Å². The van der Waals surface area contributed by atoms with E-state index >= 15 is 0 Å². The van der Waals surface area contributed by atoms with Crippen LogP contribution >= 0.6 is 11.9 Å². The largest absolute Gasteiger partial charge is 0.532 e. The standard InChI is InChI=1S/C24H23F3N2O3S/c1-14-7-9-17(25)12-18(14)23(29-2)22-16(11-15-5-3-4-6-21(15)33-28)8-10-20(19(22)13-30)32-24(26,27)31/h3-10,12-13,23,29,31H,11,28H2,1-2H3. The van der Waals surface area contributed by atoms with Crippen LogP contribution in [0.2, 0.25) is 0 Å². The van der Waals surface area contributed by atoms with E-state index in [1.54, 1.807) is 26.1 Å². The van der Waals surface area contributed by atoms with Crippen LogP contribution in [0, 0.1) is 12.7 Å². The van der Waals surface area contributed by atoms with Crippen molar-refractivity contribution in [1.82, 2.24) is 5.32 Å². The highest BCUT2D eigenvalue weighted by atomic mass is 32.2. The maximum absolute atomic E-state index is 14.1. The molecule has 0 spiro atoms. The van der Waals surface area contributed by atoms with E-state index in [-0.39, 0.29) is 5.56 Å². The number of hydrogen-bond acceptors (Lipinski definition) is 6. The first-order chi connectivity index (χ1) is 15.7. The summed E-state index contributed by atoms with van der Waals surface area (Å²) in [7, 11) is 1.62. The lowest BCUT2D eigenvalue weighted by molar-refractivity contribution is -0.327. The lowest BCUT2D eigenvalue weighted by Crippen LogP contribution is -2.26. The third-order valence-electron chi connectivity index (χ3n) is 5.30. The Bertz CT molecular complexity index is 1150. The molecule has 0 saturated heterocycles. The number of ether oxygens (including phenoxy) is 1. The zero-order chi connectivity index (χ0) is 24.2. The summed E-state index contributed by atoms with van der Waals surface area (Å²) >= 11 is 1.06. The quantitative estimate of drug-likeness (QED) is 0.235. The van der Waals surface area contributed by atoms with E-state index in [1.807, 2.05) is 24.3 Å². The lowest BCUT2D eigenvalue weighted by atomic mass is 9.86. The summed E-state index contributed by atoms with van der Waals surface area (Å²) in [6.07, 6.45) is -3.77. The monoisotopic (exact) mass is 476 g/mol. The predicted molar refractivity (Wildman–Crippen MR) is 121 cm³/mol. The van der Waals surface area contributed by atoms with Gasteiger partial charge in [-0.05, 0) is 84.4 Å². The van der Waals surface area contributed by atoms with E-state index in [4.69, 9.17) is 10.2 Å². The minimum Gasteiger partial charge on any atom is -0.409 e. The summed E-state index contributed by atoms with van der Waals surface area (Å²) in [6, 6.07) is 13.6. The Labute approximate surface area is 193 Å². The number of nitrogens with two attached hydrogens (primary N) is 1. The second-order valence-electron chi connectivity index (χ2n) is 7.38. The van der Waals surface area contributed by atoms with Crippen LogP contribution in [0.25, 0.3) is 0 Å². The van der Waals surface area contributed by atoms with Crippen molar-refractivity contribution < 1.29 is 27.8 Å². The summed E-state index contributed by atoms with van der Waals surface area (Å²) in [5.74, 6) is -0.976. The number of hydrogen-bond donors (Lipinski definition) is 3. The second-order valence-corrected chi connectivity index (χ2v) is 8.06. The number of rotatable bonds is 9. The molecule has 0 amide bonds. The molecule has 0 bridgehead atoms. The van der Waals surface area contributed by atoms with Gasteiger partial charge in [0, 0.05) is 4.90 Å². The number of alkyl halides is 2. The van der Waals surface area contributed by atoms with Crippen molar-refractivity contribution >= 4 is 18.2 Å². The highest BCUT2D eigenvalue weighted by Gasteiger charge is 2.31. The fourth-order valence-corrected chi connectivity index (χ4v) is 4.30. The van der Waals surface area contributed by atoms with Gasteiger partial charge in [-0.3, -0.25) is 9.93 Å². The number of aryl methyl sites for hydroxylation is 1. The van der Waals surface area contributed by atoms with Crippen LogP contribution in [0.3, 0.4) is 0 Å². The SMILES string of the molecule is CNC(c1cc(F)ccc1C)c1c(Cc2ccccc2SN)ccc(OC(O)(F)F)c1C=O. The van der Waals surface area contributed by atoms with Gasteiger partial charge in [-0.25, -0.2) is 4.39 Å². The van der Waals surface area contributed by atoms with Crippen molar-refractivity contribution in [2.45, 2.75) is 30.6 Å². The van der Waals surface area contributed by atoms with Gasteiger partial charge < -0.3 is 15.2 Å². The molecule has 3 aromatic carbocycles. The number of nitrogens with one attached hydrogen (secondary N) is 1. The molecule has 0 aromatic heterocycles. The molecule has 0 aliphatic heterocycles. The Morgan fingerprint density at radius 2 is 1.91 bits per heavy atom. The van der Waals surface area contributed by atoms with Crippen LogP contribution in [0.4, 0.5) is 13.2 Å². The number of halogens is 3.